The maximum Gasteiger partial charge on any atom is 0.243 e. The first kappa shape index (κ1) is 29.5. The van der Waals surface area contributed by atoms with Gasteiger partial charge in [-0.2, -0.15) is 9.57 Å². The Morgan fingerprint density at radius 1 is 1.10 bits per heavy atom. The first-order chi connectivity index (χ1) is 20.3. The molecule has 218 valence electrons. The van der Waals surface area contributed by atoms with Crippen molar-refractivity contribution in [1.82, 2.24) is 19.2 Å². The average molecular weight is 583 g/mol. The number of nitrogens with one attached hydrogen (secondary N) is 2. The van der Waals surface area contributed by atoms with Gasteiger partial charge in [0, 0.05) is 73.0 Å². The number of pyridine rings is 1. The van der Waals surface area contributed by atoms with Crippen LogP contribution < -0.4 is 5.32 Å². The second kappa shape index (κ2) is 12.9. The zero-order chi connectivity index (χ0) is 29.7. The number of anilines is 2. The third-order valence-corrected chi connectivity index (χ3v) is 10.1. The maximum absolute atomic E-state index is 13.6. The number of H-pyrrole nitrogens is 1. The zero-order valence-electron chi connectivity index (χ0n) is 24.5. The fourth-order valence-corrected chi connectivity index (χ4v) is 7.26. The van der Waals surface area contributed by atoms with Gasteiger partial charge in [0.15, 0.2) is 0 Å². The number of hydrogen-bond acceptors (Lipinski definition) is 6. The van der Waals surface area contributed by atoms with E-state index < -0.39 is 10.0 Å². The Bertz CT molecular complexity index is 1730. The molecule has 1 aliphatic rings. The number of piperazine rings is 1. The van der Waals surface area contributed by atoms with Crippen molar-refractivity contribution in [3.05, 3.63) is 83.3 Å². The van der Waals surface area contributed by atoms with Gasteiger partial charge in [-0.15, -0.1) is 0 Å². The summed E-state index contributed by atoms with van der Waals surface area (Å²) >= 11 is 0. The van der Waals surface area contributed by atoms with Gasteiger partial charge >= 0.3 is 0 Å². The van der Waals surface area contributed by atoms with Crippen LogP contribution in [0.1, 0.15) is 55.4 Å². The van der Waals surface area contributed by atoms with Crippen molar-refractivity contribution in [3.63, 3.8) is 0 Å². The molecule has 0 radical (unpaired) electrons. The van der Waals surface area contributed by atoms with Crippen molar-refractivity contribution < 1.29 is 8.42 Å². The van der Waals surface area contributed by atoms with Crippen LogP contribution in [0.25, 0.3) is 23.1 Å². The van der Waals surface area contributed by atoms with E-state index in [1.165, 1.54) is 0 Å². The molecule has 0 spiro atoms. The Hall–Kier alpha value is -3.97. The molecule has 8 nitrogen and oxygen atoms in total. The SMILES string of the molecule is CCCC(CC)N1CCN(S(=O)(=O)c2cccc(/C=C/c3cncc(C#N)c3Nc3ccc4[nH]ccc4c3C)c2)CC1. The lowest BCUT2D eigenvalue weighted by atomic mass is 10.1. The van der Waals surface area contributed by atoms with E-state index in [0.29, 0.717) is 30.4 Å². The van der Waals surface area contributed by atoms with E-state index in [4.69, 9.17) is 0 Å². The Kier molecular flexibility index (Phi) is 9.07. The van der Waals surface area contributed by atoms with E-state index >= 15 is 0 Å². The molecule has 1 fully saturated rings. The van der Waals surface area contributed by atoms with Crippen molar-refractivity contribution >= 4 is 44.5 Å². The molecule has 0 aliphatic carbocycles. The molecule has 2 aromatic carbocycles. The van der Waals surface area contributed by atoms with Crippen LogP contribution in [0, 0.1) is 18.3 Å². The Morgan fingerprint density at radius 2 is 1.90 bits per heavy atom. The quantitative estimate of drug-likeness (QED) is 0.220. The summed E-state index contributed by atoms with van der Waals surface area (Å²) in [5.41, 5.74) is 5.56. The minimum Gasteiger partial charge on any atom is -0.361 e. The topological polar surface area (TPSA) is 105 Å². The van der Waals surface area contributed by atoms with Gasteiger partial charge < -0.3 is 10.3 Å². The van der Waals surface area contributed by atoms with E-state index in [1.54, 1.807) is 34.9 Å². The van der Waals surface area contributed by atoms with Crippen LogP contribution >= 0.6 is 0 Å². The molecular weight excluding hydrogens is 544 g/mol. The lowest BCUT2D eigenvalue weighted by Crippen LogP contribution is -2.51. The van der Waals surface area contributed by atoms with Crippen molar-refractivity contribution in [2.45, 2.75) is 51.0 Å². The van der Waals surface area contributed by atoms with Crippen LogP contribution in [0.2, 0.25) is 0 Å². The predicted octanol–water partition coefficient (Wildman–Crippen LogP) is 6.54. The highest BCUT2D eigenvalue weighted by Gasteiger charge is 2.30. The summed E-state index contributed by atoms with van der Waals surface area (Å²) in [5.74, 6) is 0. The van der Waals surface area contributed by atoms with E-state index in [2.05, 4.69) is 40.1 Å². The van der Waals surface area contributed by atoms with Crippen molar-refractivity contribution in [1.29, 1.82) is 5.26 Å². The molecule has 2 aromatic heterocycles. The molecule has 0 bridgehead atoms. The van der Waals surface area contributed by atoms with E-state index in [1.807, 2.05) is 49.5 Å². The smallest absolute Gasteiger partial charge is 0.243 e. The number of sulfonamides is 1. The van der Waals surface area contributed by atoms with Gasteiger partial charge in [-0.1, -0.05) is 44.6 Å². The fourth-order valence-electron chi connectivity index (χ4n) is 5.78. The van der Waals surface area contributed by atoms with Crippen LogP contribution in [-0.2, 0) is 10.0 Å². The summed E-state index contributed by atoms with van der Waals surface area (Å²) in [4.78, 5) is 10.2. The minimum absolute atomic E-state index is 0.288. The Labute approximate surface area is 248 Å². The molecule has 1 aliphatic heterocycles. The van der Waals surface area contributed by atoms with E-state index in [9.17, 15) is 13.7 Å². The second-order valence-corrected chi connectivity index (χ2v) is 12.7. The van der Waals surface area contributed by atoms with Crippen LogP contribution in [-0.4, -0.2) is 59.8 Å². The van der Waals surface area contributed by atoms with Crippen molar-refractivity contribution in [3.8, 4) is 6.07 Å². The molecule has 0 saturated carbocycles. The Balaban J connectivity index is 1.36. The number of fused-ring (bicyclic) bond motifs is 1. The standard InChI is InChI=1S/C33H38N6O2S/c1-4-7-28(5-2)38-16-18-39(19-17-38)42(40,41)29-9-6-8-25(20-29)10-11-26-22-35-23-27(21-34)33(26)37-31-12-13-32-30(24(31)3)14-15-36-32/h6,8-15,20,22-23,28,36H,4-5,7,16-19H2,1-3H3,(H,35,37)/b11-10+. The number of hydrogen-bond donors (Lipinski definition) is 2. The van der Waals surface area contributed by atoms with Gasteiger partial charge in [0.1, 0.15) is 6.07 Å². The number of aryl methyl sites for hydroxylation is 1. The lowest BCUT2D eigenvalue weighted by molar-refractivity contribution is 0.127. The van der Waals surface area contributed by atoms with E-state index in [-0.39, 0.29) is 4.90 Å². The third-order valence-electron chi connectivity index (χ3n) is 8.19. The molecule has 0 amide bonds. The number of aromatic amines is 1. The number of aromatic nitrogens is 2. The highest BCUT2D eigenvalue weighted by molar-refractivity contribution is 7.89. The van der Waals surface area contributed by atoms with E-state index in [0.717, 1.165) is 65.6 Å². The first-order valence-electron chi connectivity index (χ1n) is 14.6. The van der Waals surface area contributed by atoms with Gasteiger partial charge in [-0.3, -0.25) is 9.88 Å². The first-order valence-corrected chi connectivity index (χ1v) is 16.0. The van der Waals surface area contributed by atoms with Crippen LogP contribution in [0.3, 0.4) is 0 Å². The highest BCUT2D eigenvalue weighted by atomic mass is 32.2. The molecule has 1 saturated heterocycles. The average Bonchev–Trinajstić information content (AvgIpc) is 3.50. The van der Waals surface area contributed by atoms with Crippen LogP contribution in [0.4, 0.5) is 11.4 Å². The molecule has 1 unspecified atom stereocenters. The van der Waals surface area contributed by atoms with Crippen LogP contribution in [0.5, 0.6) is 0 Å². The molecule has 9 heteroatoms. The van der Waals surface area contributed by atoms with Gasteiger partial charge in [-0.25, -0.2) is 8.42 Å². The summed E-state index contributed by atoms with van der Waals surface area (Å²) in [7, 11) is -3.61. The summed E-state index contributed by atoms with van der Waals surface area (Å²) in [6.07, 6.45) is 12.2. The summed E-state index contributed by atoms with van der Waals surface area (Å²) in [6, 6.07) is 15.8. The molecule has 5 rings (SSSR count). The summed E-state index contributed by atoms with van der Waals surface area (Å²) in [5, 5.41) is 14.4. The number of benzene rings is 2. The lowest BCUT2D eigenvalue weighted by Gasteiger charge is -2.38. The maximum atomic E-state index is 13.6. The van der Waals surface area contributed by atoms with Gasteiger partial charge in [0.2, 0.25) is 10.0 Å². The molecule has 3 heterocycles. The van der Waals surface area contributed by atoms with Gasteiger partial charge in [0.25, 0.3) is 0 Å². The van der Waals surface area contributed by atoms with Crippen molar-refractivity contribution in [2.75, 3.05) is 31.5 Å². The molecule has 4 aromatic rings. The third kappa shape index (κ3) is 6.12. The molecule has 42 heavy (non-hydrogen) atoms. The second-order valence-electron chi connectivity index (χ2n) is 10.8. The fraction of sp³-hybridized carbons (Fsp3) is 0.333. The minimum atomic E-state index is -3.61. The van der Waals surface area contributed by atoms with Crippen LogP contribution in [0.15, 0.2) is 66.0 Å². The molecule has 1 atom stereocenters. The normalized spacial score (nSPS) is 15.7. The summed E-state index contributed by atoms with van der Waals surface area (Å²) < 4.78 is 28.7. The van der Waals surface area contributed by atoms with Gasteiger partial charge in [-0.05, 0) is 61.2 Å². The Morgan fingerprint density at radius 3 is 2.64 bits per heavy atom. The molecular formula is C33H38N6O2S. The number of rotatable bonds is 10. The monoisotopic (exact) mass is 582 g/mol. The van der Waals surface area contributed by atoms with Gasteiger partial charge in [0.05, 0.1) is 16.1 Å². The highest BCUT2D eigenvalue weighted by Crippen LogP contribution is 2.31. The predicted molar refractivity (Wildman–Crippen MR) is 170 cm³/mol. The molecule has 2 N–H and O–H groups in total. The largest absolute Gasteiger partial charge is 0.361 e. The number of nitriles is 1. The zero-order valence-corrected chi connectivity index (χ0v) is 25.3. The number of nitrogens with zero attached hydrogens (tertiary/aromatic N) is 4. The summed E-state index contributed by atoms with van der Waals surface area (Å²) in [6.45, 7) is 8.95. The van der Waals surface area contributed by atoms with Crippen molar-refractivity contribution in [2.24, 2.45) is 0 Å².